The monoisotopic (exact) mass is 420 g/mol. The number of methoxy groups -OCH3 is 1. The molecular weight excluding hydrogens is 392 g/mol. The Hall–Kier alpha value is -2.32. The second-order valence-electron chi connectivity index (χ2n) is 7.93. The van der Waals surface area contributed by atoms with Crippen molar-refractivity contribution in [3.05, 3.63) is 47.4 Å². The fourth-order valence-electron chi connectivity index (χ4n) is 3.32. The Morgan fingerprint density at radius 1 is 1.31 bits per heavy atom. The molecule has 0 aliphatic heterocycles. The van der Waals surface area contributed by atoms with Crippen molar-refractivity contribution in [2.45, 2.75) is 50.6 Å². The minimum atomic E-state index is -3.81. The molecule has 1 amide bonds. The lowest BCUT2D eigenvalue weighted by Crippen LogP contribution is -2.31. The van der Waals surface area contributed by atoms with Gasteiger partial charge in [-0.25, -0.2) is 13.1 Å². The molecule has 0 spiro atoms. The summed E-state index contributed by atoms with van der Waals surface area (Å²) in [6.45, 7) is 5.95. The number of carbonyl (C=O) groups is 1. The lowest BCUT2D eigenvalue weighted by molar-refractivity contribution is 0.0774. The third kappa shape index (κ3) is 4.82. The lowest BCUT2D eigenvalue weighted by atomic mass is 10.2. The van der Waals surface area contributed by atoms with Gasteiger partial charge in [0.05, 0.1) is 13.7 Å². The molecular formula is C21H28N2O5S. The van der Waals surface area contributed by atoms with E-state index in [0.717, 1.165) is 12.2 Å². The summed E-state index contributed by atoms with van der Waals surface area (Å²) >= 11 is 0. The standard InChI is InChI=1S/C21H28N2O5S/c1-13(2)22-29(25,26)20-11-15(6-8-19(20)27-5)21(24)23(4)12-16-7-9-18(28-16)17-10-14(17)3/h6-9,11,13-14,17,22H,10,12H2,1-5H3. The van der Waals surface area contributed by atoms with Crippen molar-refractivity contribution in [3.63, 3.8) is 0 Å². The molecule has 1 fully saturated rings. The van der Waals surface area contributed by atoms with E-state index >= 15 is 0 Å². The van der Waals surface area contributed by atoms with Crippen LogP contribution in [0.15, 0.2) is 39.6 Å². The SMILES string of the molecule is COc1ccc(C(=O)N(C)Cc2ccc(C3CC3C)o2)cc1S(=O)(=O)NC(C)C. The van der Waals surface area contributed by atoms with Crippen LogP contribution < -0.4 is 9.46 Å². The van der Waals surface area contributed by atoms with E-state index in [1.54, 1.807) is 27.0 Å². The number of sulfonamides is 1. The zero-order chi connectivity index (χ0) is 21.3. The summed E-state index contributed by atoms with van der Waals surface area (Å²) < 4.78 is 38.8. The number of ether oxygens (including phenoxy) is 1. The van der Waals surface area contributed by atoms with E-state index in [0.29, 0.717) is 24.1 Å². The van der Waals surface area contributed by atoms with E-state index in [-0.39, 0.29) is 28.2 Å². The average molecular weight is 421 g/mol. The summed E-state index contributed by atoms with van der Waals surface area (Å²) in [5.74, 6) is 2.68. The molecule has 0 saturated heterocycles. The number of hydrogen-bond donors (Lipinski definition) is 1. The molecule has 1 saturated carbocycles. The van der Waals surface area contributed by atoms with Crippen molar-refractivity contribution < 1.29 is 22.4 Å². The quantitative estimate of drug-likeness (QED) is 0.707. The number of benzene rings is 1. The van der Waals surface area contributed by atoms with Gasteiger partial charge in [-0.05, 0) is 56.5 Å². The Morgan fingerprint density at radius 2 is 2.00 bits per heavy atom. The van der Waals surface area contributed by atoms with Crippen LogP contribution in [-0.4, -0.2) is 39.4 Å². The third-order valence-electron chi connectivity index (χ3n) is 4.99. The van der Waals surface area contributed by atoms with Crippen LogP contribution in [0.25, 0.3) is 0 Å². The average Bonchev–Trinajstić information content (AvgIpc) is 3.20. The van der Waals surface area contributed by atoms with Crippen molar-refractivity contribution in [3.8, 4) is 5.75 Å². The maximum atomic E-state index is 12.9. The van der Waals surface area contributed by atoms with Gasteiger partial charge in [0.2, 0.25) is 10.0 Å². The fraction of sp³-hybridized carbons (Fsp3) is 0.476. The fourth-order valence-corrected chi connectivity index (χ4v) is 4.76. The number of carbonyl (C=O) groups excluding carboxylic acids is 1. The molecule has 1 aromatic heterocycles. The summed E-state index contributed by atoms with van der Waals surface area (Å²) in [6.07, 6.45) is 1.13. The highest BCUT2D eigenvalue weighted by molar-refractivity contribution is 7.89. The van der Waals surface area contributed by atoms with Gasteiger partial charge in [0, 0.05) is 24.6 Å². The van der Waals surface area contributed by atoms with Gasteiger partial charge in [0.1, 0.15) is 22.2 Å². The summed E-state index contributed by atoms with van der Waals surface area (Å²) in [5.41, 5.74) is 0.264. The van der Waals surface area contributed by atoms with E-state index in [4.69, 9.17) is 9.15 Å². The Balaban J connectivity index is 1.79. The van der Waals surface area contributed by atoms with Crippen molar-refractivity contribution in [1.29, 1.82) is 0 Å². The van der Waals surface area contributed by atoms with Crippen LogP contribution in [-0.2, 0) is 16.6 Å². The number of nitrogens with zero attached hydrogens (tertiary/aromatic N) is 1. The van der Waals surface area contributed by atoms with Crippen molar-refractivity contribution in [1.82, 2.24) is 9.62 Å². The predicted molar refractivity (Wildman–Crippen MR) is 109 cm³/mol. The summed E-state index contributed by atoms with van der Waals surface area (Å²) in [4.78, 5) is 14.3. The molecule has 29 heavy (non-hydrogen) atoms. The normalized spacial score (nSPS) is 18.7. The molecule has 1 aliphatic carbocycles. The van der Waals surface area contributed by atoms with Crippen LogP contribution >= 0.6 is 0 Å². The number of rotatable bonds is 8. The topological polar surface area (TPSA) is 88.8 Å². The van der Waals surface area contributed by atoms with E-state index in [9.17, 15) is 13.2 Å². The van der Waals surface area contributed by atoms with Crippen molar-refractivity contribution in [2.24, 2.45) is 5.92 Å². The first-order chi connectivity index (χ1) is 13.6. The third-order valence-corrected chi connectivity index (χ3v) is 6.67. The van der Waals surface area contributed by atoms with Crippen LogP contribution in [0.3, 0.4) is 0 Å². The van der Waals surface area contributed by atoms with Gasteiger partial charge < -0.3 is 14.1 Å². The summed E-state index contributed by atoms with van der Waals surface area (Å²) in [6, 6.07) is 7.98. The van der Waals surface area contributed by atoms with Gasteiger partial charge in [-0.15, -0.1) is 0 Å². The van der Waals surface area contributed by atoms with E-state index in [1.807, 2.05) is 12.1 Å². The minimum absolute atomic E-state index is 0.0593. The van der Waals surface area contributed by atoms with Gasteiger partial charge in [-0.2, -0.15) is 0 Å². The highest BCUT2D eigenvalue weighted by Crippen LogP contribution is 2.47. The van der Waals surface area contributed by atoms with E-state index in [2.05, 4.69) is 11.6 Å². The molecule has 1 aromatic carbocycles. The molecule has 7 nitrogen and oxygen atoms in total. The molecule has 3 rings (SSSR count). The zero-order valence-corrected chi connectivity index (χ0v) is 18.2. The summed E-state index contributed by atoms with van der Waals surface area (Å²) in [5, 5.41) is 0. The number of hydrogen-bond acceptors (Lipinski definition) is 5. The molecule has 0 radical (unpaired) electrons. The second kappa shape index (κ2) is 8.20. The number of amides is 1. The number of nitrogens with one attached hydrogen (secondary N) is 1. The molecule has 2 aromatic rings. The second-order valence-corrected chi connectivity index (χ2v) is 9.61. The van der Waals surface area contributed by atoms with E-state index < -0.39 is 10.0 Å². The molecule has 1 N–H and O–H groups in total. The Labute approximate surface area is 172 Å². The highest BCUT2D eigenvalue weighted by Gasteiger charge is 2.36. The largest absolute Gasteiger partial charge is 0.495 e. The molecule has 158 valence electrons. The highest BCUT2D eigenvalue weighted by atomic mass is 32.2. The van der Waals surface area contributed by atoms with Gasteiger partial charge in [0.15, 0.2) is 0 Å². The predicted octanol–water partition coefficient (Wildman–Crippen LogP) is 3.37. The first-order valence-corrected chi connectivity index (χ1v) is 11.1. The maximum Gasteiger partial charge on any atom is 0.254 e. The van der Waals surface area contributed by atoms with Gasteiger partial charge >= 0.3 is 0 Å². The first kappa shape index (κ1) is 21.4. The molecule has 2 atom stereocenters. The van der Waals surface area contributed by atoms with Crippen LogP contribution in [0.5, 0.6) is 5.75 Å². The first-order valence-electron chi connectivity index (χ1n) is 9.66. The van der Waals surface area contributed by atoms with E-state index in [1.165, 1.54) is 24.1 Å². The van der Waals surface area contributed by atoms with Crippen LogP contribution in [0.4, 0.5) is 0 Å². The summed E-state index contributed by atoms with van der Waals surface area (Å²) in [7, 11) is -0.755. The Bertz CT molecular complexity index is 996. The molecule has 0 bridgehead atoms. The molecule has 2 unspecified atom stereocenters. The van der Waals surface area contributed by atoms with Crippen molar-refractivity contribution >= 4 is 15.9 Å². The van der Waals surface area contributed by atoms with Crippen LogP contribution in [0.1, 0.15) is 55.0 Å². The van der Waals surface area contributed by atoms with Crippen molar-refractivity contribution in [2.75, 3.05) is 14.2 Å². The smallest absolute Gasteiger partial charge is 0.254 e. The van der Waals surface area contributed by atoms with Gasteiger partial charge in [0.25, 0.3) is 5.91 Å². The van der Waals surface area contributed by atoms with Crippen LogP contribution in [0.2, 0.25) is 0 Å². The van der Waals surface area contributed by atoms with Gasteiger partial charge in [-0.1, -0.05) is 6.92 Å². The minimum Gasteiger partial charge on any atom is -0.495 e. The molecule has 1 heterocycles. The zero-order valence-electron chi connectivity index (χ0n) is 17.4. The number of furan rings is 1. The Kier molecular flexibility index (Phi) is 6.05. The molecule has 8 heteroatoms. The maximum absolute atomic E-state index is 12.9. The van der Waals surface area contributed by atoms with Crippen LogP contribution in [0, 0.1) is 5.92 Å². The molecule has 1 aliphatic rings. The van der Waals surface area contributed by atoms with Gasteiger partial charge in [-0.3, -0.25) is 4.79 Å². The lowest BCUT2D eigenvalue weighted by Gasteiger charge is -2.18. The Morgan fingerprint density at radius 3 is 2.59 bits per heavy atom.